The highest BCUT2D eigenvalue weighted by Gasteiger charge is 2.21. The molecule has 2 heterocycles. The van der Waals surface area contributed by atoms with E-state index < -0.39 is 0 Å². The van der Waals surface area contributed by atoms with E-state index in [0.29, 0.717) is 19.0 Å². The van der Waals surface area contributed by atoms with Gasteiger partial charge in [-0.15, -0.1) is 24.0 Å². The minimum atomic E-state index is 0. The molecular formula is C21H30ClIN6O. The third-order valence-electron chi connectivity index (χ3n) is 4.87. The number of halogens is 2. The number of carbonyl (C=O) groups excluding carboxylic acids is 1. The van der Waals surface area contributed by atoms with Crippen LogP contribution in [0.3, 0.4) is 0 Å². The summed E-state index contributed by atoms with van der Waals surface area (Å²) in [4.78, 5) is 21.2. The maximum atomic E-state index is 12.6. The van der Waals surface area contributed by atoms with Gasteiger partial charge in [0.1, 0.15) is 6.54 Å². The Kier molecular flexibility index (Phi) is 10.3. The number of piperazine rings is 1. The zero-order valence-corrected chi connectivity index (χ0v) is 20.3. The minimum absolute atomic E-state index is 0. The van der Waals surface area contributed by atoms with Crippen LogP contribution in [0.1, 0.15) is 6.92 Å². The second-order valence-electron chi connectivity index (χ2n) is 6.89. The van der Waals surface area contributed by atoms with Crippen LogP contribution in [0.15, 0.2) is 53.8 Å². The Morgan fingerprint density at radius 2 is 1.73 bits per heavy atom. The highest BCUT2D eigenvalue weighted by Crippen LogP contribution is 2.19. The average molecular weight is 545 g/mol. The first kappa shape index (κ1) is 24.3. The molecule has 0 aliphatic carbocycles. The van der Waals surface area contributed by atoms with Crippen molar-refractivity contribution < 1.29 is 4.79 Å². The van der Waals surface area contributed by atoms with Crippen molar-refractivity contribution in [3.8, 4) is 0 Å². The number of anilines is 1. The molecule has 0 unspecified atom stereocenters. The second kappa shape index (κ2) is 12.7. The van der Waals surface area contributed by atoms with Gasteiger partial charge in [0.05, 0.1) is 0 Å². The van der Waals surface area contributed by atoms with Crippen molar-refractivity contribution in [1.82, 2.24) is 20.1 Å². The highest BCUT2D eigenvalue weighted by molar-refractivity contribution is 14.0. The summed E-state index contributed by atoms with van der Waals surface area (Å²) in [6, 6.07) is 11.8. The Morgan fingerprint density at radius 3 is 2.37 bits per heavy atom. The van der Waals surface area contributed by atoms with Crippen molar-refractivity contribution in [2.75, 3.05) is 50.7 Å². The number of amides is 1. The Labute approximate surface area is 200 Å². The van der Waals surface area contributed by atoms with E-state index in [1.54, 1.807) is 0 Å². The maximum absolute atomic E-state index is 12.6. The molecule has 1 aliphatic heterocycles. The maximum Gasteiger partial charge on any atom is 0.244 e. The molecule has 164 valence electrons. The van der Waals surface area contributed by atoms with E-state index in [2.05, 4.69) is 25.1 Å². The van der Waals surface area contributed by atoms with Crippen molar-refractivity contribution >= 4 is 53.1 Å². The van der Waals surface area contributed by atoms with Crippen LogP contribution in [0.4, 0.5) is 5.69 Å². The third-order valence-corrected chi connectivity index (χ3v) is 5.12. The van der Waals surface area contributed by atoms with E-state index in [1.807, 2.05) is 60.6 Å². The van der Waals surface area contributed by atoms with Crippen LogP contribution in [0.5, 0.6) is 0 Å². The summed E-state index contributed by atoms with van der Waals surface area (Å²) < 4.78 is 2.10. The lowest BCUT2D eigenvalue weighted by atomic mass is 10.2. The molecule has 2 N–H and O–H groups in total. The molecule has 2 aromatic rings. The van der Waals surface area contributed by atoms with Gasteiger partial charge in [-0.25, -0.2) is 4.99 Å². The van der Waals surface area contributed by atoms with Gasteiger partial charge in [0.15, 0.2) is 5.96 Å². The number of hydrogen-bond donors (Lipinski definition) is 2. The smallest absolute Gasteiger partial charge is 0.244 e. The molecule has 1 fully saturated rings. The SMILES string of the molecule is CCNC(=NCC(=O)N1CCN(c2ccc(Cl)cc2)CC1)NCCn1cccc1.I. The average Bonchev–Trinajstić information content (AvgIpc) is 3.26. The molecule has 0 saturated carbocycles. The quantitative estimate of drug-likeness (QED) is 0.320. The molecule has 0 atom stereocenters. The van der Waals surface area contributed by atoms with Crippen molar-refractivity contribution in [3.63, 3.8) is 0 Å². The molecule has 9 heteroatoms. The van der Waals surface area contributed by atoms with Crippen molar-refractivity contribution in [2.45, 2.75) is 13.5 Å². The van der Waals surface area contributed by atoms with E-state index in [9.17, 15) is 4.79 Å². The lowest BCUT2D eigenvalue weighted by molar-refractivity contribution is -0.129. The number of carbonyl (C=O) groups is 1. The summed E-state index contributed by atoms with van der Waals surface area (Å²) in [5.41, 5.74) is 1.14. The molecule has 0 bridgehead atoms. The fraction of sp³-hybridized carbons (Fsp3) is 0.429. The molecule has 3 rings (SSSR count). The van der Waals surface area contributed by atoms with Crippen molar-refractivity contribution in [3.05, 3.63) is 53.8 Å². The van der Waals surface area contributed by atoms with Gasteiger partial charge in [0.2, 0.25) is 5.91 Å². The van der Waals surface area contributed by atoms with Crippen LogP contribution >= 0.6 is 35.6 Å². The summed E-state index contributed by atoms with van der Waals surface area (Å²) in [6.07, 6.45) is 4.05. The molecule has 1 aliphatic rings. The first-order valence-corrected chi connectivity index (χ1v) is 10.4. The normalized spacial score (nSPS) is 14.3. The molecular weight excluding hydrogens is 515 g/mol. The van der Waals surface area contributed by atoms with Gasteiger partial charge in [-0.2, -0.15) is 0 Å². The summed E-state index contributed by atoms with van der Waals surface area (Å²) >= 11 is 5.96. The molecule has 1 aromatic heterocycles. The van der Waals surface area contributed by atoms with E-state index in [0.717, 1.165) is 43.4 Å². The summed E-state index contributed by atoms with van der Waals surface area (Å²) in [5.74, 6) is 0.733. The molecule has 1 saturated heterocycles. The van der Waals surface area contributed by atoms with Gasteiger partial charge in [-0.1, -0.05) is 11.6 Å². The van der Waals surface area contributed by atoms with E-state index >= 15 is 0 Å². The van der Waals surface area contributed by atoms with Gasteiger partial charge in [-0.3, -0.25) is 4.79 Å². The number of guanidine groups is 1. The van der Waals surface area contributed by atoms with Crippen LogP contribution < -0.4 is 15.5 Å². The van der Waals surface area contributed by atoms with E-state index in [-0.39, 0.29) is 36.4 Å². The van der Waals surface area contributed by atoms with Gasteiger partial charge in [0.25, 0.3) is 0 Å². The first-order valence-electron chi connectivity index (χ1n) is 10.1. The van der Waals surface area contributed by atoms with Crippen LogP contribution in [0, 0.1) is 0 Å². The number of hydrogen-bond acceptors (Lipinski definition) is 3. The first-order chi connectivity index (χ1) is 14.2. The molecule has 1 aromatic carbocycles. The standard InChI is InChI=1S/C21H29ClN6O.HI/c1-2-23-21(24-9-12-26-10-3-4-11-26)25-17-20(29)28-15-13-27(14-16-28)19-7-5-18(22)6-8-19;/h3-8,10-11H,2,9,12-17H2,1H3,(H2,23,24,25);1H. The highest BCUT2D eigenvalue weighted by atomic mass is 127. The number of rotatable bonds is 7. The molecule has 0 radical (unpaired) electrons. The molecule has 30 heavy (non-hydrogen) atoms. The largest absolute Gasteiger partial charge is 0.368 e. The van der Waals surface area contributed by atoms with Crippen LogP contribution in [0.25, 0.3) is 0 Å². The van der Waals surface area contributed by atoms with Crippen LogP contribution in [-0.2, 0) is 11.3 Å². The number of nitrogens with one attached hydrogen (secondary N) is 2. The van der Waals surface area contributed by atoms with Gasteiger partial charge < -0.3 is 25.0 Å². The monoisotopic (exact) mass is 544 g/mol. The molecule has 0 spiro atoms. The zero-order valence-electron chi connectivity index (χ0n) is 17.3. The lowest BCUT2D eigenvalue weighted by Gasteiger charge is -2.36. The van der Waals surface area contributed by atoms with Gasteiger partial charge in [-0.05, 0) is 43.3 Å². The summed E-state index contributed by atoms with van der Waals surface area (Å²) in [7, 11) is 0. The Hall–Kier alpha value is -1.94. The second-order valence-corrected chi connectivity index (χ2v) is 7.32. The predicted octanol–water partition coefficient (Wildman–Crippen LogP) is 2.66. The number of benzene rings is 1. The summed E-state index contributed by atoms with van der Waals surface area (Å²) in [5, 5.41) is 7.21. The Bertz CT molecular complexity index is 788. The van der Waals surface area contributed by atoms with Crippen molar-refractivity contribution in [1.29, 1.82) is 0 Å². The van der Waals surface area contributed by atoms with E-state index in [1.165, 1.54) is 0 Å². The lowest BCUT2D eigenvalue weighted by Crippen LogP contribution is -2.49. The fourth-order valence-electron chi connectivity index (χ4n) is 3.28. The topological polar surface area (TPSA) is 64.9 Å². The van der Waals surface area contributed by atoms with Crippen LogP contribution in [0.2, 0.25) is 5.02 Å². The Morgan fingerprint density at radius 1 is 1.07 bits per heavy atom. The number of aliphatic imine (C=N–C) groups is 1. The third kappa shape index (κ3) is 7.39. The van der Waals surface area contributed by atoms with Gasteiger partial charge in [0, 0.05) is 68.9 Å². The predicted molar refractivity (Wildman–Crippen MR) is 134 cm³/mol. The molecule has 1 amide bonds. The molecule has 7 nitrogen and oxygen atoms in total. The fourth-order valence-corrected chi connectivity index (χ4v) is 3.40. The van der Waals surface area contributed by atoms with E-state index in [4.69, 9.17) is 11.6 Å². The number of nitrogens with zero attached hydrogens (tertiary/aromatic N) is 4. The Balaban J connectivity index is 0.00000320. The van der Waals surface area contributed by atoms with Gasteiger partial charge >= 0.3 is 0 Å². The number of aromatic nitrogens is 1. The summed E-state index contributed by atoms with van der Waals surface area (Å²) in [6.45, 7) is 7.54. The van der Waals surface area contributed by atoms with Crippen LogP contribution in [-0.4, -0.2) is 67.1 Å². The zero-order chi connectivity index (χ0) is 20.5. The minimum Gasteiger partial charge on any atom is -0.368 e. The van der Waals surface area contributed by atoms with Crippen molar-refractivity contribution in [2.24, 2.45) is 4.99 Å².